The first-order valence-corrected chi connectivity index (χ1v) is 15.2. The van der Waals surface area contributed by atoms with Crippen LogP contribution in [0.15, 0.2) is 78.9 Å². The number of nitrogens with one attached hydrogen (secondary N) is 1. The van der Waals surface area contributed by atoms with E-state index in [2.05, 4.69) is 5.32 Å². The number of hydrogen-bond donors (Lipinski definition) is 1. The van der Waals surface area contributed by atoms with Crippen LogP contribution in [0.4, 0.5) is 10.1 Å². The molecule has 3 rings (SSSR count). The van der Waals surface area contributed by atoms with Crippen LogP contribution in [0.3, 0.4) is 0 Å². The van der Waals surface area contributed by atoms with Gasteiger partial charge in [-0.25, -0.2) is 12.8 Å². The highest BCUT2D eigenvalue weighted by Crippen LogP contribution is 2.30. The largest absolute Gasteiger partial charge is 0.492 e. The van der Waals surface area contributed by atoms with Crippen LogP contribution in [-0.2, 0) is 32.6 Å². The summed E-state index contributed by atoms with van der Waals surface area (Å²) in [5.74, 6) is -1.12. The second kappa shape index (κ2) is 13.6. The Labute approximate surface area is 242 Å². The highest BCUT2D eigenvalue weighted by molar-refractivity contribution is 7.92. The fourth-order valence-electron chi connectivity index (χ4n) is 4.33. The maximum Gasteiger partial charge on any atom is 0.244 e. The summed E-state index contributed by atoms with van der Waals surface area (Å²) >= 11 is 0. The standard InChI is InChI=1S/C31H38FN3O5S/c1-6-40-28-15-11-10-14-26(28)35(41(5,38)39)22-29(36)34(21-24-16-18-25(32)19-17-24)27(30(37)33-31(2,3)4)20-23-12-8-7-9-13-23/h7-19,27H,6,20-22H2,1-5H3,(H,33,37)/t27-/m0/s1. The summed E-state index contributed by atoms with van der Waals surface area (Å²) < 4.78 is 46.3. The molecule has 0 unspecified atom stereocenters. The van der Waals surface area contributed by atoms with Crippen molar-refractivity contribution in [3.8, 4) is 5.75 Å². The van der Waals surface area contributed by atoms with E-state index >= 15 is 0 Å². The maximum absolute atomic E-state index is 14.1. The van der Waals surface area contributed by atoms with E-state index in [0.29, 0.717) is 17.9 Å². The van der Waals surface area contributed by atoms with Gasteiger partial charge in [-0.05, 0) is 63.1 Å². The number of rotatable bonds is 12. The number of carbonyl (C=O) groups is 2. The first-order valence-electron chi connectivity index (χ1n) is 13.4. The van der Waals surface area contributed by atoms with Gasteiger partial charge in [-0.15, -0.1) is 0 Å². The molecule has 0 heterocycles. The van der Waals surface area contributed by atoms with Gasteiger partial charge in [-0.1, -0.05) is 54.6 Å². The zero-order valence-electron chi connectivity index (χ0n) is 24.1. The normalized spacial score (nSPS) is 12.3. The zero-order chi connectivity index (χ0) is 30.2. The van der Waals surface area contributed by atoms with Gasteiger partial charge >= 0.3 is 0 Å². The van der Waals surface area contributed by atoms with E-state index in [-0.39, 0.29) is 18.7 Å². The van der Waals surface area contributed by atoms with Crippen molar-refractivity contribution in [1.29, 1.82) is 0 Å². The van der Waals surface area contributed by atoms with Gasteiger partial charge < -0.3 is 15.0 Å². The lowest BCUT2D eigenvalue weighted by Gasteiger charge is -2.35. The van der Waals surface area contributed by atoms with Crippen molar-refractivity contribution in [2.24, 2.45) is 0 Å². The lowest BCUT2D eigenvalue weighted by Crippen LogP contribution is -2.56. The van der Waals surface area contributed by atoms with Gasteiger partial charge in [0.1, 0.15) is 24.2 Å². The van der Waals surface area contributed by atoms with E-state index in [0.717, 1.165) is 16.1 Å². The Bertz CT molecular complexity index is 1420. The van der Waals surface area contributed by atoms with Crippen molar-refractivity contribution in [2.45, 2.75) is 52.2 Å². The second-order valence-electron chi connectivity index (χ2n) is 10.8. The van der Waals surface area contributed by atoms with Gasteiger partial charge in [0.15, 0.2) is 0 Å². The van der Waals surface area contributed by atoms with Gasteiger partial charge in [0.25, 0.3) is 0 Å². The van der Waals surface area contributed by atoms with Crippen LogP contribution in [0.2, 0.25) is 0 Å². The van der Waals surface area contributed by atoms with E-state index < -0.39 is 45.8 Å². The molecule has 0 spiro atoms. The molecule has 3 aromatic carbocycles. The van der Waals surface area contributed by atoms with Crippen molar-refractivity contribution in [1.82, 2.24) is 10.2 Å². The van der Waals surface area contributed by atoms with Crippen molar-refractivity contribution < 1.29 is 27.1 Å². The Balaban J connectivity index is 2.09. The first kappa shape index (κ1) is 31.6. The number of anilines is 1. The number of sulfonamides is 1. The molecule has 0 saturated carbocycles. The molecule has 0 aromatic heterocycles. The minimum Gasteiger partial charge on any atom is -0.492 e. The Morgan fingerprint density at radius 1 is 0.927 bits per heavy atom. The molecule has 1 atom stereocenters. The summed E-state index contributed by atoms with van der Waals surface area (Å²) in [5.41, 5.74) is 1.03. The van der Waals surface area contributed by atoms with E-state index in [9.17, 15) is 22.4 Å². The third kappa shape index (κ3) is 9.31. The number of halogens is 1. The average molecular weight is 584 g/mol. The molecule has 0 aliphatic carbocycles. The molecule has 8 nitrogen and oxygen atoms in total. The molecule has 0 bridgehead atoms. The van der Waals surface area contributed by atoms with Crippen LogP contribution < -0.4 is 14.4 Å². The molecular weight excluding hydrogens is 545 g/mol. The highest BCUT2D eigenvalue weighted by Gasteiger charge is 2.34. The Kier molecular flexibility index (Phi) is 10.5. The van der Waals surface area contributed by atoms with Crippen molar-refractivity contribution in [3.05, 3.63) is 95.8 Å². The van der Waals surface area contributed by atoms with Crippen molar-refractivity contribution in [3.63, 3.8) is 0 Å². The van der Waals surface area contributed by atoms with Gasteiger partial charge in [-0.2, -0.15) is 0 Å². The summed E-state index contributed by atoms with van der Waals surface area (Å²) in [6, 6.07) is 20.5. The maximum atomic E-state index is 14.1. The van der Waals surface area contributed by atoms with E-state index in [1.807, 2.05) is 51.1 Å². The smallest absolute Gasteiger partial charge is 0.244 e. The zero-order valence-corrected chi connectivity index (χ0v) is 24.9. The highest BCUT2D eigenvalue weighted by atomic mass is 32.2. The number of hydrogen-bond acceptors (Lipinski definition) is 5. The van der Waals surface area contributed by atoms with Gasteiger partial charge in [0.2, 0.25) is 21.8 Å². The Morgan fingerprint density at radius 3 is 2.12 bits per heavy atom. The predicted molar refractivity (Wildman–Crippen MR) is 159 cm³/mol. The topological polar surface area (TPSA) is 96.0 Å². The van der Waals surface area contributed by atoms with Crippen LogP contribution in [-0.4, -0.2) is 56.1 Å². The molecule has 3 aromatic rings. The van der Waals surface area contributed by atoms with Gasteiger partial charge in [0, 0.05) is 18.5 Å². The van der Waals surface area contributed by atoms with Crippen LogP contribution in [0, 0.1) is 5.82 Å². The van der Waals surface area contributed by atoms with E-state index in [1.165, 1.54) is 29.2 Å². The molecule has 0 fully saturated rings. The fourth-order valence-corrected chi connectivity index (χ4v) is 5.18. The molecule has 0 radical (unpaired) electrons. The first-order chi connectivity index (χ1) is 19.3. The van der Waals surface area contributed by atoms with E-state index in [1.54, 1.807) is 31.2 Å². The van der Waals surface area contributed by atoms with E-state index in [4.69, 9.17) is 4.74 Å². The lowest BCUT2D eigenvalue weighted by molar-refractivity contribution is -0.140. The van der Waals surface area contributed by atoms with Gasteiger partial charge in [-0.3, -0.25) is 13.9 Å². The molecule has 2 amide bonds. The molecule has 0 aliphatic heterocycles. The molecule has 10 heteroatoms. The number of para-hydroxylation sites is 2. The number of benzene rings is 3. The molecule has 0 saturated heterocycles. The SMILES string of the molecule is CCOc1ccccc1N(CC(=O)N(Cc1ccc(F)cc1)[C@@H](Cc1ccccc1)C(=O)NC(C)(C)C)S(C)(=O)=O. The number of ether oxygens (including phenoxy) is 1. The van der Waals surface area contributed by atoms with Crippen LogP contribution in [0.25, 0.3) is 0 Å². The molecule has 41 heavy (non-hydrogen) atoms. The van der Waals surface area contributed by atoms with Crippen molar-refractivity contribution >= 4 is 27.5 Å². The second-order valence-corrected chi connectivity index (χ2v) is 12.7. The summed E-state index contributed by atoms with van der Waals surface area (Å²) in [5, 5.41) is 2.97. The average Bonchev–Trinajstić information content (AvgIpc) is 2.90. The minimum absolute atomic E-state index is 0.0428. The minimum atomic E-state index is -3.94. The summed E-state index contributed by atoms with van der Waals surface area (Å²) in [4.78, 5) is 29.2. The molecule has 1 N–H and O–H groups in total. The fraction of sp³-hybridized carbons (Fsp3) is 0.355. The van der Waals surface area contributed by atoms with Crippen molar-refractivity contribution in [2.75, 3.05) is 23.7 Å². The Hall–Kier alpha value is -3.92. The molecule has 0 aliphatic rings. The lowest BCUT2D eigenvalue weighted by atomic mass is 10.0. The summed E-state index contributed by atoms with van der Waals surface area (Å²) in [7, 11) is -3.94. The third-order valence-corrected chi connectivity index (χ3v) is 7.27. The molecular formula is C31H38FN3O5S. The van der Waals surface area contributed by atoms with Crippen LogP contribution in [0.5, 0.6) is 5.75 Å². The van der Waals surface area contributed by atoms with Crippen LogP contribution >= 0.6 is 0 Å². The number of nitrogens with zero attached hydrogens (tertiary/aromatic N) is 2. The van der Waals surface area contributed by atoms with Crippen LogP contribution in [0.1, 0.15) is 38.8 Å². The summed E-state index contributed by atoms with van der Waals surface area (Å²) in [6.45, 7) is 6.98. The number of amides is 2. The third-order valence-electron chi connectivity index (χ3n) is 6.15. The Morgan fingerprint density at radius 2 is 1.54 bits per heavy atom. The quantitative estimate of drug-likeness (QED) is 0.338. The number of carbonyl (C=O) groups excluding carboxylic acids is 2. The van der Waals surface area contributed by atoms with Gasteiger partial charge in [0.05, 0.1) is 18.6 Å². The summed E-state index contributed by atoms with van der Waals surface area (Å²) in [6.07, 6.45) is 1.20. The monoisotopic (exact) mass is 583 g/mol. The molecule has 220 valence electrons. The predicted octanol–water partition coefficient (Wildman–Crippen LogP) is 4.55.